The van der Waals surface area contributed by atoms with Gasteiger partial charge in [-0.1, -0.05) is 13.8 Å². The fourth-order valence-electron chi connectivity index (χ4n) is 3.83. The van der Waals surface area contributed by atoms with E-state index in [1.54, 1.807) is 13.1 Å². The van der Waals surface area contributed by atoms with Crippen LogP contribution in [0.1, 0.15) is 39.0 Å². The fourth-order valence-corrected chi connectivity index (χ4v) is 3.83. The van der Waals surface area contributed by atoms with E-state index in [0.717, 1.165) is 6.42 Å². The molecule has 0 aromatic carbocycles. The second-order valence-corrected chi connectivity index (χ2v) is 6.00. The Morgan fingerprint density at radius 2 is 2.10 bits per heavy atom. The van der Waals surface area contributed by atoms with Crippen LogP contribution < -0.4 is 16.6 Å². The van der Waals surface area contributed by atoms with Crippen molar-refractivity contribution in [1.29, 1.82) is 0 Å². The number of nitrogens with zero attached hydrogens (tertiary/aromatic N) is 1. The molecular formula is C14H21N3O3. The fraction of sp³-hybridized carbons (Fsp3) is 0.714. The van der Waals surface area contributed by atoms with E-state index in [2.05, 4.69) is 31.1 Å². The molecule has 0 aliphatic carbocycles. The molecule has 6 heteroatoms. The maximum Gasteiger partial charge on any atom is 0.330 e. The number of aryl methyl sites for hydroxylation is 1. The molecule has 6 nitrogen and oxygen atoms in total. The van der Waals surface area contributed by atoms with Gasteiger partial charge in [-0.15, -0.1) is 0 Å². The molecule has 5 atom stereocenters. The van der Waals surface area contributed by atoms with Crippen molar-refractivity contribution in [2.45, 2.75) is 58.0 Å². The molecule has 1 aromatic heterocycles. The van der Waals surface area contributed by atoms with Crippen LogP contribution in [0.25, 0.3) is 0 Å². The zero-order valence-corrected chi connectivity index (χ0v) is 12.3. The molecule has 3 heterocycles. The summed E-state index contributed by atoms with van der Waals surface area (Å²) in [6.07, 6.45) is 2.13. The van der Waals surface area contributed by atoms with E-state index in [1.165, 1.54) is 4.57 Å². The van der Waals surface area contributed by atoms with Crippen molar-refractivity contribution in [3.05, 3.63) is 32.6 Å². The minimum atomic E-state index is -0.411. The molecule has 2 N–H and O–H groups in total. The first-order valence-electron chi connectivity index (χ1n) is 7.16. The Labute approximate surface area is 117 Å². The van der Waals surface area contributed by atoms with Crippen molar-refractivity contribution in [1.82, 2.24) is 14.9 Å². The average molecular weight is 279 g/mol. The van der Waals surface area contributed by atoms with Gasteiger partial charge in [-0.05, 0) is 20.3 Å². The first-order valence-corrected chi connectivity index (χ1v) is 7.16. The molecule has 2 aliphatic rings. The van der Waals surface area contributed by atoms with Crippen LogP contribution in [0.2, 0.25) is 0 Å². The zero-order chi connectivity index (χ0) is 14.7. The van der Waals surface area contributed by atoms with Crippen LogP contribution in [-0.2, 0) is 4.74 Å². The number of fused-ring (bicyclic) bond motifs is 2. The minimum Gasteiger partial charge on any atom is -0.348 e. The molecule has 0 amide bonds. The first kappa shape index (κ1) is 13.6. The number of nitrogens with one attached hydrogen (secondary N) is 2. The molecule has 0 radical (unpaired) electrons. The third-order valence-electron chi connectivity index (χ3n) is 5.10. The lowest BCUT2D eigenvalue weighted by Gasteiger charge is -2.37. The van der Waals surface area contributed by atoms with Gasteiger partial charge in [-0.2, -0.15) is 0 Å². The molecule has 0 saturated carbocycles. The summed E-state index contributed by atoms with van der Waals surface area (Å²) in [5, 5.41) is 3.53. The van der Waals surface area contributed by atoms with E-state index in [1.807, 2.05) is 0 Å². The molecule has 110 valence electrons. The Balaban J connectivity index is 2.05. The summed E-state index contributed by atoms with van der Waals surface area (Å²) < 4.78 is 7.77. The minimum absolute atomic E-state index is 0.0907. The topological polar surface area (TPSA) is 76.1 Å². The number of aromatic nitrogens is 2. The highest BCUT2D eigenvalue weighted by molar-refractivity contribution is 5.14. The molecule has 0 unspecified atom stereocenters. The van der Waals surface area contributed by atoms with Gasteiger partial charge in [0.15, 0.2) is 6.23 Å². The lowest BCUT2D eigenvalue weighted by molar-refractivity contribution is -0.122. The number of ether oxygens (including phenoxy) is 1. The predicted octanol–water partition coefficient (Wildman–Crippen LogP) is 0.519. The number of H-pyrrole nitrogens is 1. The van der Waals surface area contributed by atoms with E-state index < -0.39 is 5.69 Å². The molecule has 2 fully saturated rings. The van der Waals surface area contributed by atoms with Crippen LogP contribution in [0.4, 0.5) is 0 Å². The standard InChI is InChI=1S/C14H21N3O3/c1-5-14-8(3)10(15-9(14)4)12(20-14)17-6-7(2)11(18)16-13(17)19/h6,8-10,12,15H,5H2,1-4H3,(H,16,18,19)/t8-,9-,10+,12+,14+/m0/s1. The zero-order valence-electron chi connectivity index (χ0n) is 12.3. The molecule has 2 saturated heterocycles. The quantitative estimate of drug-likeness (QED) is 0.827. The van der Waals surface area contributed by atoms with Crippen molar-refractivity contribution in [3.63, 3.8) is 0 Å². The molecule has 3 rings (SSSR count). The van der Waals surface area contributed by atoms with Gasteiger partial charge in [0.1, 0.15) is 0 Å². The Hall–Kier alpha value is -1.40. The average Bonchev–Trinajstić information content (AvgIpc) is 2.81. The number of aromatic amines is 1. The Morgan fingerprint density at radius 3 is 2.70 bits per heavy atom. The summed E-state index contributed by atoms with van der Waals surface area (Å²) in [6.45, 7) is 8.09. The van der Waals surface area contributed by atoms with Gasteiger partial charge >= 0.3 is 5.69 Å². The summed E-state index contributed by atoms with van der Waals surface area (Å²) in [7, 11) is 0. The van der Waals surface area contributed by atoms with E-state index in [4.69, 9.17) is 4.74 Å². The Morgan fingerprint density at radius 1 is 1.40 bits per heavy atom. The van der Waals surface area contributed by atoms with E-state index in [-0.39, 0.29) is 29.5 Å². The van der Waals surface area contributed by atoms with E-state index in [0.29, 0.717) is 11.5 Å². The number of rotatable bonds is 2. The van der Waals surface area contributed by atoms with Gasteiger partial charge in [0.25, 0.3) is 5.56 Å². The number of morpholine rings is 1. The summed E-state index contributed by atoms with van der Waals surface area (Å²) in [5.74, 6) is 0.326. The summed E-state index contributed by atoms with van der Waals surface area (Å²) in [5.41, 5.74) is -0.471. The lowest BCUT2D eigenvalue weighted by Crippen LogP contribution is -2.51. The van der Waals surface area contributed by atoms with Gasteiger partial charge in [-0.25, -0.2) is 4.79 Å². The third-order valence-corrected chi connectivity index (χ3v) is 5.10. The van der Waals surface area contributed by atoms with Crippen LogP contribution in [0.15, 0.2) is 15.8 Å². The Bertz CT molecular complexity index is 650. The third kappa shape index (κ3) is 1.58. The van der Waals surface area contributed by atoms with Crippen molar-refractivity contribution < 1.29 is 4.74 Å². The maximum atomic E-state index is 12.0. The highest BCUT2D eigenvalue weighted by Gasteiger charge is 2.61. The smallest absolute Gasteiger partial charge is 0.330 e. The first-order chi connectivity index (χ1) is 9.40. The van der Waals surface area contributed by atoms with Crippen molar-refractivity contribution in [3.8, 4) is 0 Å². The van der Waals surface area contributed by atoms with Crippen LogP contribution in [0, 0.1) is 12.8 Å². The highest BCUT2D eigenvalue weighted by Crippen LogP contribution is 2.50. The molecule has 1 aromatic rings. The van der Waals surface area contributed by atoms with Crippen LogP contribution in [0.3, 0.4) is 0 Å². The molecule has 0 spiro atoms. The van der Waals surface area contributed by atoms with Crippen molar-refractivity contribution >= 4 is 0 Å². The number of hydrogen-bond acceptors (Lipinski definition) is 4. The SMILES string of the molecule is CC[C@]12O[C@@H](n3cc(C)c(=O)[nH]c3=O)[C@H](N[C@H]1C)[C@@H]2C. The second-order valence-electron chi connectivity index (χ2n) is 6.00. The van der Waals surface area contributed by atoms with Gasteiger partial charge in [-0.3, -0.25) is 14.3 Å². The lowest BCUT2D eigenvalue weighted by atomic mass is 9.84. The predicted molar refractivity (Wildman–Crippen MR) is 74.8 cm³/mol. The summed E-state index contributed by atoms with van der Waals surface area (Å²) in [6, 6.07) is 0.358. The Kier molecular flexibility index (Phi) is 2.92. The largest absolute Gasteiger partial charge is 0.348 e. The van der Waals surface area contributed by atoms with Crippen LogP contribution >= 0.6 is 0 Å². The summed E-state index contributed by atoms with van der Waals surface area (Å²) >= 11 is 0. The highest BCUT2D eigenvalue weighted by atomic mass is 16.5. The maximum absolute atomic E-state index is 12.0. The summed E-state index contributed by atoms with van der Waals surface area (Å²) in [4.78, 5) is 25.9. The van der Waals surface area contributed by atoms with Crippen molar-refractivity contribution in [2.75, 3.05) is 0 Å². The van der Waals surface area contributed by atoms with Gasteiger partial charge in [0.05, 0.1) is 11.6 Å². The molecular weight excluding hydrogens is 258 g/mol. The normalized spacial score (nSPS) is 39.4. The molecule has 2 bridgehead atoms. The van der Waals surface area contributed by atoms with Crippen molar-refractivity contribution in [2.24, 2.45) is 5.92 Å². The number of hydrogen-bond donors (Lipinski definition) is 2. The van der Waals surface area contributed by atoms with Gasteiger partial charge < -0.3 is 10.1 Å². The van der Waals surface area contributed by atoms with E-state index >= 15 is 0 Å². The van der Waals surface area contributed by atoms with Gasteiger partial charge in [0.2, 0.25) is 0 Å². The monoisotopic (exact) mass is 279 g/mol. The van der Waals surface area contributed by atoms with Crippen LogP contribution in [-0.4, -0.2) is 27.2 Å². The second kappa shape index (κ2) is 4.30. The van der Waals surface area contributed by atoms with Gasteiger partial charge in [0, 0.05) is 23.7 Å². The molecule has 2 aliphatic heterocycles. The van der Waals surface area contributed by atoms with Crippen LogP contribution in [0.5, 0.6) is 0 Å². The molecule has 20 heavy (non-hydrogen) atoms. The van der Waals surface area contributed by atoms with E-state index in [9.17, 15) is 9.59 Å².